The van der Waals surface area contributed by atoms with Gasteiger partial charge in [-0.15, -0.1) is 11.8 Å². The Morgan fingerprint density at radius 1 is 1.53 bits per heavy atom. The summed E-state index contributed by atoms with van der Waals surface area (Å²) in [6.45, 7) is 3.09. The summed E-state index contributed by atoms with van der Waals surface area (Å²) in [7, 11) is 0. The second-order valence-corrected chi connectivity index (χ2v) is 4.49. The summed E-state index contributed by atoms with van der Waals surface area (Å²) in [5, 5.41) is 6.18. The summed E-state index contributed by atoms with van der Waals surface area (Å²) in [5.41, 5.74) is 2.00. The third kappa shape index (κ3) is 2.45. The molecule has 2 rings (SSSR count). The van der Waals surface area contributed by atoms with Crippen LogP contribution in [-0.2, 0) is 4.79 Å². The molecule has 3 nitrogen and oxygen atoms in total. The molecule has 0 bridgehead atoms. The lowest BCUT2D eigenvalue weighted by Gasteiger charge is -2.17. The molecular weight excluding hydrogens is 208 g/mol. The second kappa shape index (κ2) is 4.57. The molecule has 1 aromatic carbocycles. The molecule has 80 valence electrons. The van der Waals surface area contributed by atoms with Crippen molar-refractivity contribution in [3.8, 4) is 0 Å². The van der Waals surface area contributed by atoms with E-state index >= 15 is 0 Å². The molecule has 0 unspecified atom stereocenters. The van der Waals surface area contributed by atoms with Crippen molar-refractivity contribution in [1.82, 2.24) is 0 Å². The lowest BCUT2D eigenvalue weighted by molar-refractivity contribution is -0.113. The summed E-state index contributed by atoms with van der Waals surface area (Å²) < 4.78 is 0. The number of thioether (sulfide) groups is 1. The molecule has 0 saturated carbocycles. The van der Waals surface area contributed by atoms with Gasteiger partial charge in [0.15, 0.2) is 0 Å². The first-order valence-electron chi connectivity index (χ1n) is 5.10. The number of amides is 1. The molecule has 0 radical (unpaired) electrons. The minimum absolute atomic E-state index is 0.0835. The van der Waals surface area contributed by atoms with Gasteiger partial charge in [0.05, 0.1) is 11.4 Å². The van der Waals surface area contributed by atoms with E-state index in [9.17, 15) is 4.79 Å². The molecule has 0 fully saturated rings. The fraction of sp³-hybridized carbons (Fsp3) is 0.364. The number of benzene rings is 1. The highest BCUT2D eigenvalue weighted by Gasteiger charge is 2.14. The molecule has 0 aromatic heterocycles. The monoisotopic (exact) mass is 222 g/mol. The predicted octanol–water partition coefficient (Wildman–Crippen LogP) is 2.55. The third-order valence-electron chi connectivity index (χ3n) is 2.19. The standard InChI is InChI=1S/C11H14N2OS/c1-2-5-12-8-3-4-10-9(6-8)13-11(14)7-15-10/h3-4,6,12H,2,5,7H2,1H3,(H,13,14). The van der Waals surface area contributed by atoms with Crippen LogP contribution in [0, 0.1) is 0 Å². The number of hydrogen-bond acceptors (Lipinski definition) is 3. The van der Waals surface area contributed by atoms with Crippen LogP contribution < -0.4 is 10.6 Å². The Bertz CT molecular complexity index is 379. The third-order valence-corrected chi connectivity index (χ3v) is 3.27. The van der Waals surface area contributed by atoms with Crippen LogP contribution in [0.15, 0.2) is 23.1 Å². The fourth-order valence-corrected chi connectivity index (χ4v) is 2.25. The first-order valence-corrected chi connectivity index (χ1v) is 6.08. The Balaban J connectivity index is 2.17. The minimum Gasteiger partial charge on any atom is -0.385 e. The summed E-state index contributed by atoms with van der Waals surface area (Å²) in [4.78, 5) is 12.3. The van der Waals surface area contributed by atoms with E-state index in [0.29, 0.717) is 5.75 Å². The highest BCUT2D eigenvalue weighted by molar-refractivity contribution is 8.00. The van der Waals surface area contributed by atoms with E-state index in [1.54, 1.807) is 11.8 Å². The molecule has 1 aliphatic rings. The van der Waals surface area contributed by atoms with Crippen molar-refractivity contribution in [3.63, 3.8) is 0 Å². The SMILES string of the molecule is CCCNc1ccc2c(c1)NC(=O)CS2. The van der Waals surface area contributed by atoms with Crippen molar-refractivity contribution in [1.29, 1.82) is 0 Å². The number of rotatable bonds is 3. The van der Waals surface area contributed by atoms with Crippen LogP contribution in [0.3, 0.4) is 0 Å². The van der Waals surface area contributed by atoms with Gasteiger partial charge in [-0.2, -0.15) is 0 Å². The largest absolute Gasteiger partial charge is 0.385 e. The molecule has 15 heavy (non-hydrogen) atoms. The molecular formula is C11H14N2OS. The first-order chi connectivity index (χ1) is 7.29. The number of carbonyl (C=O) groups is 1. The predicted molar refractivity (Wildman–Crippen MR) is 64.6 cm³/mol. The summed E-state index contributed by atoms with van der Waals surface area (Å²) >= 11 is 1.59. The van der Waals surface area contributed by atoms with Gasteiger partial charge in [0, 0.05) is 17.1 Å². The van der Waals surface area contributed by atoms with E-state index in [1.807, 2.05) is 6.07 Å². The van der Waals surface area contributed by atoms with Gasteiger partial charge < -0.3 is 10.6 Å². The van der Waals surface area contributed by atoms with Gasteiger partial charge in [-0.05, 0) is 24.6 Å². The van der Waals surface area contributed by atoms with Gasteiger partial charge in [0.25, 0.3) is 0 Å². The zero-order chi connectivity index (χ0) is 10.7. The number of carbonyl (C=O) groups excluding carboxylic acids is 1. The van der Waals surface area contributed by atoms with Crippen LogP contribution >= 0.6 is 11.8 Å². The van der Waals surface area contributed by atoms with Crippen molar-refractivity contribution in [3.05, 3.63) is 18.2 Å². The number of anilines is 2. The number of hydrogen-bond donors (Lipinski definition) is 2. The van der Waals surface area contributed by atoms with Crippen molar-refractivity contribution >= 4 is 29.0 Å². The van der Waals surface area contributed by atoms with Crippen LogP contribution in [0.4, 0.5) is 11.4 Å². The topological polar surface area (TPSA) is 41.1 Å². The quantitative estimate of drug-likeness (QED) is 0.825. The average Bonchev–Trinajstić information content (AvgIpc) is 2.25. The van der Waals surface area contributed by atoms with Gasteiger partial charge in [-0.1, -0.05) is 6.92 Å². The van der Waals surface area contributed by atoms with Crippen LogP contribution in [-0.4, -0.2) is 18.2 Å². The molecule has 0 spiro atoms. The molecule has 0 saturated heterocycles. The van der Waals surface area contributed by atoms with Crippen molar-refractivity contribution in [2.24, 2.45) is 0 Å². The highest BCUT2D eigenvalue weighted by Crippen LogP contribution is 2.33. The van der Waals surface area contributed by atoms with E-state index in [2.05, 4.69) is 29.7 Å². The maximum Gasteiger partial charge on any atom is 0.234 e. The Morgan fingerprint density at radius 2 is 2.40 bits per heavy atom. The summed E-state index contributed by atoms with van der Waals surface area (Å²) in [5.74, 6) is 0.606. The van der Waals surface area contributed by atoms with Crippen molar-refractivity contribution < 1.29 is 4.79 Å². The number of nitrogens with one attached hydrogen (secondary N) is 2. The maximum absolute atomic E-state index is 11.2. The Morgan fingerprint density at radius 3 is 3.20 bits per heavy atom. The number of fused-ring (bicyclic) bond motifs is 1. The Labute approximate surface area is 93.6 Å². The van der Waals surface area contributed by atoms with E-state index in [1.165, 1.54) is 0 Å². The second-order valence-electron chi connectivity index (χ2n) is 3.47. The zero-order valence-corrected chi connectivity index (χ0v) is 9.49. The molecule has 1 aliphatic heterocycles. The van der Waals surface area contributed by atoms with Gasteiger partial charge in [0.2, 0.25) is 5.91 Å². The molecule has 4 heteroatoms. The highest BCUT2D eigenvalue weighted by atomic mass is 32.2. The Hall–Kier alpha value is -1.16. The lowest BCUT2D eigenvalue weighted by Crippen LogP contribution is -2.18. The first kappa shape index (κ1) is 10.4. The lowest BCUT2D eigenvalue weighted by atomic mass is 10.2. The molecule has 0 aliphatic carbocycles. The van der Waals surface area contributed by atoms with E-state index in [0.717, 1.165) is 29.2 Å². The van der Waals surface area contributed by atoms with Gasteiger partial charge in [-0.3, -0.25) is 4.79 Å². The normalized spacial score (nSPS) is 14.3. The molecule has 2 N–H and O–H groups in total. The molecule has 0 atom stereocenters. The van der Waals surface area contributed by atoms with E-state index in [4.69, 9.17) is 0 Å². The van der Waals surface area contributed by atoms with E-state index < -0.39 is 0 Å². The Kier molecular flexibility index (Phi) is 3.16. The molecule has 1 heterocycles. The van der Waals surface area contributed by atoms with Crippen LogP contribution in [0.25, 0.3) is 0 Å². The molecule has 1 amide bonds. The van der Waals surface area contributed by atoms with Gasteiger partial charge in [-0.25, -0.2) is 0 Å². The van der Waals surface area contributed by atoms with E-state index in [-0.39, 0.29) is 5.91 Å². The minimum atomic E-state index is 0.0835. The van der Waals surface area contributed by atoms with Gasteiger partial charge in [0.1, 0.15) is 0 Å². The zero-order valence-electron chi connectivity index (χ0n) is 8.67. The van der Waals surface area contributed by atoms with Crippen LogP contribution in [0.2, 0.25) is 0 Å². The van der Waals surface area contributed by atoms with Crippen molar-refractivity contribution in [2.75, 3.05) is 22.9 Å². The average molecular weight is 222 g/mol. The maximum atomic E-state index is 11.2. The van der Waals surface area contributed by atoms with Crippen molar-refractivity contribution in [2.45, 2.75) is 18.2 Å². The summed E-state index contributed by atoms with van der Waals surface area (Å²) in [6, 6.07) is 6.10. The summed E-state index contributed by atoms with van der Waals surface area (Å²) in [6.07, 6.45) is 1.10. The van der Waals surface area contributed by atoms with Gasteiger partial charge >= 0.3 is 0 Å². The van der Waals surface area contributed by atoms with Crippen LogP contribution in [0.1, 0.15) is 13.3 Å². The molecule has 1 aromatic rings. The fourth-order valence-electron chi connectivity index (χ4n) is 1.46. The smallest absolute Gasteiger partial charge is 0.234 e. The van der Waals surface area contributed by atoms with Crippen LogP contribution in [0.5, 0.6) is 0 Å².